The highest BCUT2D eigenvalue weighted by Crippen LogP contribution is 2.21. The molecule has 4 nitrogen and oxygen atoms in total. The zero-order valence-electron chi connectivity index (χ0n) is 11.4. The van der Waals surface area contributed by atoms with Gasteiger partial charge in [0.2, 0.25) is 0 Å². The van der Waals surface area contributed by atoms with Crippen LogP contribution in [0.3, 0.4) is 0 Å². The van der Waals surface area contributed by atoms with E-state index in [4.69, 9.17) is 5.11 Å². The fourth-order valence-electron chi connectivity index (χ4n) is 2.79. The number of aryl methyl sites for hydroxylation is 1. The van der Waals surface area contributed by atoms with Crippen molar-refractivity contribution in [3.05, 3.63) is 33.2 Å². The first kappa shape index (κ1) is 13.8. The van der Waals surface area contributed by atoms with Crippen LogP contribution in [0.15, 0.2) is 10.9 Å². The quantitative estimate of drug-likeness (QED) is 0.885. The maximum Gasteiger partial charge on any atom is 0.308 e. The van der Waals surface area contributed by atoms with Gasteiger partial charge in [0.1, 0.15) is 0 Å². The lowest BCUT2D eigenvalue weighted by molar-refractivity contribution is -0.136. The highest BCUT2D eigenvalue weighted by Gasteiger charge is 2.18. The van der Waals surface area contributed by atoms with E-state index in [2.05, 4.69) is 6.92 Å². The van der Waals surface area contributed by atoms with Crippen LogP contribution in [0.4, 0.5) is 0 Å². The van der Waals surface area contributed by atoms with Gasteiger partial charge in [0, 0.05) is 17.8 Å². The molecule has 0 aliphatic heterocycles. The summed E-state index contributed by atoms with van der Waals surface area (Å²) in [7, 11) is 0. The van der Waals surface area contributed by atoms with E-state index in [1.54, 1.807) is 0 Å². The summed E-state index contributed by atoms with van der Waals surface area (Å²) < 4.78 is 1.83. The zero-order valence-corrected chi connectivity index (χ0v) is 11.4. The van der Waals surface area contributed by atoms with E-state index in [1.807, 2.05) is 10.6 Å². The highest BCUT2D eigenvalue weighted by atomic mass is 16.4. The fourth-order valence-corrected chi connectivity index (χ4v) is 2.79. The number of rotatable bonds is 5. The normalized spacial score (nSPS) is 14.2. The second kappa shape index (κ2) is 6.04. The molecule has 1 aromatic rings. The maximum atomic E-state index is 12.4. The predicted molar refractivity (Wildman–Crippen MR) is 73.6 cm³/mol. The van der Waals surface area contributed by atoms with E-state index < -0.39 is 5.97 Å². The van der Waals surface area contributed by atoms with Crippen LogP contribution in [0.25, 0.3) is 0 Å². The Hall–Kier alpha value is -1.58. The smallest absolute Gasteiger partial charge is 0.308 e. The molecule has 0 aromatic carbocycles. The Balaban J connectivity index is 2.47. The van der Waals surface area contributed by atoms with Gasteiger partial charge in [-0.25, -0.2) is 0 Å². The van der Waals surface area contributed by atoms with E-state index in [0.29, 0.717) is 12.1 Å². The Kier molecular flexibility index (Phi) is 4.40. The van der Waals surface area contributed by atoms with Crippen LogP contribution < -0.4 is 5.56 Å². The van der Waals surface area contributed by atoms with Crippen molar-refractivity contribution in [3.8, 4) is 0 Å². The number of aliphatic carboxylic acids is 1. The number of hydrogen-bond donors (Lipinski definition) is 1. The summed E-state index contributed by atoms with van der Waals surface area (Å²) in [4.78, 5) is 23.2. The average Bonchev–Trinajstić information content (AvgIpc) is 2.38. The number of hydrogen-bond acceptors (Lipinski definition) is 2. The Morgan fingerprint density at radius 3 is 2.79 bits per heavy atom. The monoisotopic (exact) mass is 263 g/mol. The molecule has 0 amide bonds. The lowest BCUT2D eigenvalue weighted by Crippen LogP contribution is -2.30. The third-order valence-electron chi connectivity index (χ3n) is 3.75. The molecule has 0 radical (unpaired) electrons. The standard InChI is InChI=1S/C15H21NO3/c1-2-3-8-16-13-7-5-4-6-11(13)9-12(15(16)19)10-14(17)18/h9H,2-8,10H2,1H3,(H,17,18). The van der Waals surface area contributed by atoms with Crippen molar-refractivity contribution in [3.63, 3.8) is 0 Å². The molecular weight excluding hydrogens is 242 g/mol. The first-order chi connectivity index (χ1) is 9.13. The van der Waals surface area contributed by atoms with E-state index >= 15 is 0 Å². The van der Waals surface area contributed by atoms with Crippen molar-refractivity contribution in [2.45, 2.75) is 58.4 Å². The maximum absolute atomic E-state index is 12.4. The van der Waals surface area contributed by atoms with Crippen molar-refractivity contribution in [1.82, 2.24) is 4.57 Å². The third-order valence-corrected chi connectivity index (χ3v) is 3.75. The molecule has 0 spiro atoms. The fraction of sp³-hybridized carbons (Fsp3) is 0.600. The summed E-state index contributed by atoms with van der Waals surface area (Å²) in [5, 5.41) is 8.91. The minimum absolute atomic E-state index is 0.100. The van der Waals surface area contributed by atoms with Crippen molar-refractivity contribution < 1.29 is 9.90 Å². The molecule has 0 unspecified atom stereocenters. The number of carboxylic acid groups (broad SMARTS) is 1. The van der Waals surface area contributed by atoms with Crippen molar-refractivity contribution in [2.75, 3.05) is 0 Å². The summed E-state index contributed by atoms with van der Waals surface area (Å²) in [5.41, 5.74) is 2.65. The molecule has 1 heterocycles. The molecule has 1 aromatic heterocycles. The Morgan fingerprint density at radius 2 is 2.11 bits per heavy atom. The lowest BCUT2D eigenvalue weighted by atomic mass is 9.93. The molecular formula is C15H21NO3. The van der Waals surface area contributed by atoms with Gasteiger partial charge >= 0.3 is 5.97 Å². The van der Waals surface area contributed by atoms with Gasteiger partial charge in [0.05, 0.1) is 6.42 Å². The predicted octanol–water partition coefficient (Wildman–Crippen LogP) is 2.15. The largest absolute Gasteiger partial charge is 0.481 e. The molecule has 19 heavy (non-hydrogen) atoms. The van der Waals surface area contributed by atoms with Crippen LogP contribution in [0.2, 0.25) is 0 Å². The number of unbranched alkanes of at least 4 members (excludes halogenated alkanes) is 1. The van der Waals surface area contributed by atoms with Gasteiger partial charge in [0.15, 0.2) is 0 Å². The van der Waals surface area contributed by atoms with Crippen molar-refractivity contribution in [2.24, 2.45) is 0 Å². The van der Waals surface area contributed by atoms with Crippen LogP contribution in [0.1, 0.15) is 49.4 Å². The minimum atomic E-state index is -0.935. The Labute approximate surface area is 113 Å². The van der Waals surface area contributed by atoms with Crippen molar-refractivity contribution >= 4 is 5.97 Å². The third kappa shape index (κ3) is 3.06. The number of fused-ring (bicyclic) bond motifs is 1. The second-order valence-corrected chi connectivity index (χ2v) is 5.23. The lowest BCUT2D eigenvalue weighted by Gasteiger charge is -2.22. The molecule has 2 rings (SSSR count). The molecule has 0 fully saturated rings. The molecule has 1 N–H and O–H groups in total. The van der Waals surface area contributed by atoms with Gasteiger partial charge in [-0.05, 0) is 43.7 Å². The topological polar surface area (TPSA) is 59.3 Å². The van der Waals surface area contributed by atoms with Crippen molar-refractivity contribution in [1.29, 1.82) is 0 Å². The molecule has 0 saturated heterocycles. The summed E-state index contributed by atoms with van der Waals surface area (Å²) in [6.07, 6.45) is 5.99. The number of aromatic nitrogens is 1. The Morgan fingerprint density at radius 1 is 1.37 bits per heavy atom. The van der Waals surface area contributed by atoms with Gasteiger partial charge in [-0.15, -0.1) is 0 Å². The molecule has 1 aliphatic rings. The molecule has 0 bridgehead atoms. The summed E-state index contributed by atoms with van der Waals surface area (Å²) in [5.74, 6) is -0.935. The van der Waals surface area contributed by atoms with Gasteiger partial charge in [0.25, 0.3) is 5.56 Å². The summed E-state index contributed by atoms with van der Waals surface area (Å²) in [6.45, 7) is 2.81. The van der Waals surface area contributed by atoms with E-state index in [1.165, 1.54) is 5.56 Å². The SMILES string of the molecule is CCCCn1c2c(cc(CC(=O)O)c1=O)CCCC2. The zero-order chi connectivity index (χ0) is 13.8. The van der Waals surface area contributed by atoms with E-state index in [-0.39, 0.29) is 12.0 Å². The number of pyridine rings is 1. The van der Waals surface area contributed by atoms with Crippen LogP contribution in [0.5, 0.6) is 0 Å². The number of carboxylic acids is 1. The second-order valence-electron chi connectivity index (χ2n) is 5.23. The molecule has 4 heteroatoms. The van der Waals surface area contributed by atoms with Crippen LogP contribution in [-0.4, -0.2) is 15.6 Å². The summed E-state index contributed by atoms with van der Waals surface area (Å²) >= 11 is 0. The van der Waals surface area contributed by atoms with Gasteiger partial charge in [-0.1, -0.05) is 13.3 Å². The molecule has 1 aliphatic carbocycles. The first-order valence-corrected chi connectivity index (χ1v) is 7.09. The van der Waals surface area contributed by atoms with Crippen LogP contribution in [-0.2, 0) is 30.6 Å². The molecule has 104 valence electrons. The Bertz CT molecular complexity index is 531. The first-order valence-electron chi connectivity index (χ1n) is 7.09. The average molecular weight is 263 g/mol. The highest BCUT2D eigenvalue weighted by molar-refractivity contribution is 5.70. The van der Waals surface area contributed by atoms with Gasteiger partial charge in [-0.2, -0.15) is 0 Å². The minimum Gasteiger partial charge on any atom is -0.481 e. The van der Waals surface area contributed by atoms with Crippen LogP contribution >= 0.6 is 0 Å². The van der Waals surface area contributed by atoms with E-state index in [0.717, 1.165) is 44.2 Å². The summed E-state index contributed by atoms with van der Waals surface area (Å²) in [6, 6.07) is 1.83. The van der Waals surface area contributed by atoms with Crippen LogP contribution in [0, 0.1) is 0 Å². The molecule has 0 saturated carbocycles. The van der Waals surface area contributed by atoms with Gasteiger partial charge in [-0.3, -0.25) is 9.59 Å². The number of nitrogens with zero attached hydrogens (tertiary/aromatic N) is 1. The van der Waals surface area contributed by atoms with Gasteiger partial charge < -0.3 is 9.67 Å². The number of carbonyl (C=O) groups is 1. The van der Waals surface area contributed by atoms with E-state index in [9.17, 15) is 9.59 Å². The molecule has 0 atom stereocenters.